The molecule has 0 aliphatic heterocycles. The highest BCUT2D eigenvalue weighted by atomic mass is 35.5. The first-order valence-corrected chi connectivity index (χ1v) is 7.16. The average molecular weight is 304 g/mol. The summed E-state index contributed by atoms with van der Waals surface area (Å²) in [6.07, 6.45) is 1.67. The summed E-state index contributed by atoms with van der Waals surface area (Å²) in [6.45, 7) is 6.07. The van der Waals surface area contributed by atoms with Crippen molar-refractivity contribution in [2.75, 3.05) is 0 Å². The highest BCUT2D eigenvalue weighted by Gasteiger charge is 2.18. The Kier molecular flexibility index (Phi) is 3.41. The fourth-order valence-electron chi connectivity index (χ4n) is 2.59. The van der Waals surface area contributed by atoms with Crippen molar-refractivity contribution in [3.63, 3.8) is 0 Å². The maximum absolute atomic E-state index is 13.4. The zero-order valence-corrected chi connectivity index (χ0v) is 12.8. The van der Waals surface area contributed by atoms with Crippen LogP contribution in [0.15, 0.2) is 30.5 Å². The standard InChI is InChI=1S/C16H15ClFN3/c1-9(2)14-10(3)20-16-13(8-19-21(16)15(14)17)11-5-4-6-12(18)7-11/h4-9H,1-3H3. The van der Waals surface area contributed by atoms with Crippen molar-refractivity contribution >= 4 is 17.2 Å². The van der Waals surface area contributed by atoms with Crippen molar-refractivity contribution in [3.05, 3.63) is 52.7 Å². The molecule has 5 heteroatoms. The lowest BCUT2D eigenvalue weighted by Gasteiger charge is -2.12. The molecule has 0 aliphatic carbocycles. The molecule has 0 N–H and O–H groups in total. The Hall–Kier alpha value is -1.94. The second kappa shape index (κ2) is 5.11. The molecule has 3 rings (SSSR count). The van der Waals surface area contributed by atoms with Gasteiger partial charge in [-0.15, -0.1) is 0 Å². The van der Waals surface area contributed by atoms with Gasteiger partial charge in [-0.05, 0) is 30.5 Å². The fourth-order valence-corrected chi connectivity index (χ4v) is 3.07. The lowest BCUT2D eigenvalue weighted by molar-refractivity contribution is 0.628. The zero-order valence-electron chi connectivity index (χ0n) is 12.1. The van der Waals surface area contributed by atoms with Crippen LogP contribution in [0, 0.1) is 12.7 Å². The number of rotatable bonds is 2. The molecule has 21 heavy (non-hydrogen) atoms. The van der Waals surface area contributed by atoms with Gasteiger partial charge in [-0.2, -0.15) is 5.10 Å². The molecule has 0 radical (unpaired) electrons. The third-order valence-corrected chi connectivity index (χ3v) is 3.89. The number of nitrogens with zero attached hydrogens (tertiary/aromatic N) is 3. The summed E-state index contributed by atoms with van der Waals surface area (Å²) in [6, 6.07) is 6.39. The van der Waals surface area contributed by atoms with Crippen molar-refractivity contribution in [2.45, 2.75) is 26.7 Å². The zero-order chi connectivity index (χ0) is 15.1. The molecule has 0 atom stereocenters. The minimum atomic E-state index is -0.284. The number of fused-ring (bicyclic) bond motifs is 1. The van der Waals surface area contributed by atoms with Crippen LogP contribution in [0.3, 0.4) is 0 Å². The highest BCUT2D eigenvalue weighted by molar-refractivity contribution is 6.30. The first-order chi connectivity index (χ1) is 9.99. The predicted molar refractivity (Wildman–Crippen MR) is 82.2 cm³/mol. The van der Waals surface area contributed by atoms with Crippen LogP contribution in [-0.2, 0) is 0 Å². The molecule has 0 saturated heterocycles. The second-order valence-electron chi connectivity index (χ2n) is 5.36. The normalized spacial score (nSPS) is 11.5. The first kappa shape index (κ1) is 14.0. The van der Waals surface area contributed by atoms with Crippen LogP contribution in [0.5, 0.6) is 0 Å². The second-order valence-corrected chi connectivity index (χ2v) is 5.72. The number of benzene rings is 1. The van der Waals surface area contributed by atoms with Crippen LogP contribution in [0.2, 0.25) is 5.15 Å². The number of aromatic nitrogens is 3. The monoisotopic (exact) mass is 303 g/mol. The first-order valence-electron chi connectivity index (χ1n) is 6.78. The smallest absolute Gasteiger partial charge is 0.164 e. The summed E-state index contributed by atoms with van der Waals surface area (Å²) < 4.78 is 15.0. The van der Waals surface area contributed by atoms with Gasteiger partial charge in [0.1, 0.15) is 11.0 Å². The van der Waals surface area contributed by atoms with Crippen molar-refractivity contribution in [1.82, 2.24) is 14.6 Å². The predicted octanol–water partition coefficient (Wildman–Crippen LogP) is 4.62. The Morgan fingerprint density at radius 1 is 1.29 bits per heavy atom. The maximum Gasteiger partial charge on any atom is 0.164 e. The van der Waals surface area contributed by atoms with Gasteiger partial charge in [0.05, 0.1) is 6.20 Å². The van der Waals surface area contributed by atoms with E-state index >= 15 is 0 Å². The van der Waals surface area contributed by atoms with E-state index in [0.717, 1.165) is 22.4 Å². The molecule has 0 spiro atoms. The summed E-state index contributed by atoms with van der Waals surface area (Å²) in [7, 11) is 0. The molecular weight excluding hydrogens is 289 g/mol. The van der Waals surface area contributed by atoms with Crippen LogP contribution < -0.4 is 0 Å². The van der Waals surface area contributed by atoms with E-state index in [1.165, 1.54) is 12.1 Å². The minimum Gasteiger partial charge on any atom is -0.233 e. The lowest BCUT2D eigenvalue weighted by atomic mass is 10.0. The molecule has 108 valence electrons. The number of hydrogen-bond donors (Lipinski definition) is 0. The lowest BCUT2D eigenvalue weighted by Crippen LogP contribution is -2.04. The molecular formula is C16H15ClFN3. The van der Waals surface area contributed by atoms with Gasteiger partial charge >= 0.3 is 0 Å². The third kappa shape index (κ3) is 2.29. The van der Waals surface area contributed by atoms with E-state index < -0.39 is 0 Å². The van der Waals surface area contributed by atoms with Crippen molar-refractivity contribution in [1.29, 1.82) is 0 Å². The van der Waals surface area contributed by atoms with Crippen LogP contribution in [-0.4, -0.2) is 14.6 Å². The van der Waals surface area contributed by atoms with Crippen molar-refractivity contribution in [2.24, 2.45) is 0 Å². The Labute approximate surface area is 127 Å². The molecule has 0 amide bonds. The Morgan fingerprint density at radius 3 is 2.71 bits per heavy atom. The molecule has 0 aliphatic rings. The quantitative estimate of drug-likeness (QED) is 0.647. The van der Waals surface area contributed by atoms with Crippen LogP contribution in [0.4, 0.5) is 4.39 Å². The van der Waals surface area contributed by atoms with Crippen LogP contribution >= 0.6 is 11.6 Å². The summed E-state index contributed by atoms with van der Waals surface area (Å²) >= 11 is 6.46. The van der Waals surface area contributed by atoms with E-state index in [2.05, 4.69) is 23.9 Å². The van der Waals surface area contributed by atoms with E-state index in [4.69, 9.17) is 11.6 Å². The molecule has 2 heterocycles. The molecule has 1 aromatic carbocycles. The number of aryl methyl sites for hydroxylation is 1. The summed E-state index contributed by atoms with van der Waals surface area (Å²) in [5.41, 5.74) is 4.02. The Bertz CT molecular complexity index is 824. The van der Waals surface area contributed by atoms with E-state index in [-0.39, 0.29) is 11.7 Å². The van der Waals surface area contributed by atoms with Gasteiger partial charge in [-0.1, -0.05) is 37.6 Å². The highest BCUT2D eigenvalue weighted by Crippen LogP contribution is 2.31. The van der Waals surface area contributed by atoms with Gasteiger partial charge < -0.3 is 0 Å². The molecule has 0 saturated carbocycles. The topological polar surface area (TPSA) is 30.2 Å². The van der Waals surface area contributed by atoms with E-state index in [1.807, 2.05) is 13.0 Å². The SMILES string of the molecule is Cc1nc2c(-c3cccc(F)c3)cnn2c(Cl)c1C(C)C. The Balaban J connectivity index is 2.29. The Morgan fingerprint density at radius 2 is 2.05 bits per heavy atom. The summed E-state index contributed by atoms with van der Waals surface area (Å²) in [5.74, 6) is -0.0234. The van der Waals surface area contributed by atoms with Crippen molar-refractivity contribution < 1.29 is 4.39 Å². The van der Waals surface area contributed by atoms with E-state index in [0.29, 0.717) is 10.8 Å². The van der Waals surface area contributed by atoms with Gasteiger partial charge in [0.15, 0.2) is 5.65 Å². The molecule has 0 bridgehead atoms. The minimum absolute atomic E-state index is 0.260. The van der Waals surface area contributed by atoms with Crippen molar-refractivity contribution in [3.8, 4) is 11.1 Å². The van der Waals surface area contributed by atoms with Crippen LogP contribution in [0.1, 0.15) is 31.0 Å². The summed E-state index contributed by atoms with van der Waals surface area (Å²) in [5, 5.41) is 4.87. The largest absolute Gasteiger partial charge is 0.233 e. The maximum atomic E-state index is 13.4. The molecule has 2 aromatic heterocycles. The average Bonchev–Trinajstić information content (AvgIpc) is 2.82. The van der Waals surface area contributed by atoms with E-state index in [9.17, 15) is 4.39 Å². The number of halogens is 2. The summed E-state index contributed by atoms with van der Waals surface area (Å²) in [4.78, 5) is 4.62. The number of hydrogen-bond acceptors (Lipinski definition) is 2. The van der Waals surface area contributed by atoms with Crippen LogP contribution in [0.25, 0.3) is 16.8 Å². The fraction of sp³-hybridized carbons (Fsp3) is 0.250. The van der Waals surface area contributed by atoms with Gasteiger partial charge in [0.25, 0.3) is 0 Å². The van der Waals surface area contributed by atoms with Gasteiger partial charge in [0, 0.05) is 16.8 Å². The van der Waals surface area contributed by atoms with Gasteiger partial charge in [-0.25, -0.2) is 13.9 Å². The molecule has 0 fully saturated rings. The molecule has 0 unspecified atom stereocenters. The molecule has 3 nitrogen and oxygen atoms in total. The van der Waals surface area contributed by atoms with E-state index in [1.54, 1.807) is 16.8 Å². The third-order valence-electron chi connectivity index (χ3n) is 3.53. The van der Waals surface area contributed by atoms with Gasteiger partial charge in [0.2, 0.25) is 0 Å². The molecule has 3 aromatic rings. The van der Waals surface area contributed by atoms with Gasteiger partial charge in [-0.3, -0.25) is 0 Å².